The van der Waals surface area contributed by atoms with E-state index in [1.807, 2.05) is 13.8 Å². The first-order chi connectivity index (χ1) is 11.2. The van der Waals surface area contributed by atoms with Crippen LogP contribution < -0.4 is 0 Å². The second-order valence-corrected chi connectivity index (χ2v) is 6.75. The van der Waals surface area contributed by atoms with Crippen molar-refractivity contribution in [3.8, 4) is 0 Å². The number of amides is 1. The summed E-state index contributed by atoms with van der Waals surface area (Å²) in [4.78, 5) is 15.4. The average molecular weight is 310 g/mol. The number of aryl methyl sites for hydroxylation is 3. The van der Waals surface area contributed by atoms with E-state index < -0.39 is 0 Å². The lowest BCUT2D eigenvalue weighted by molar-refractivity contribution is 0.0635. The van der Waals surface area contributed by atoms with Gasteiger partial charge in [-0.1, -0.05) is 29.4 Å². The molecule has 4 nitrogen and oxygen atoms in total. The molecule has 0 aliphatic heterocycles. The number of nitrogens with zero attached hydrogens (tertiary/aromatic N) is 2. The summed E-state index contributed by atoms with van der Waals surface area (Å²) in [5, 5.41) is 3.97. The normalized spacial score (nSPS) is 20.2. The molecular weight excluding hydrogens is 288 g/mol. The van der Waals surface area contributed by atoms with E-state index in [9.17, 15) is 4.79 Å². The molecule has 2 aliphatic carbocycles. The maximum absolute atomic E-state index is 13.3. The molecule has 0 bridgehead atoms. The standard InChI is InChI=1S/C19H22N2O2/c1-12-18(13(2)23-20-12)19(22)21(15-10-11-15)17-9-5-7-14-6-3-4-8-16(14)17/h3-4,6,8,15,17H,5,7,9-11H2,1-2H3. The van der Waals surface area contributed by atoms with E-state index >= 15 is 0 Å². The average Bonchev–Trinajstić information content (AvgIpc) is 3.33. The molecule has 0 radical (unpaired) electrons. The van der Waals surface area contributed by atoms with E-state index in [2.05, 4.69) is 34.3 Å². The zero-order valence-electron chi connectivity index (χ0n) is 13.7. The molecule has 120 valence electrons. The molecule has 0 N–H and O–H groups in total. The van der Waals surface area contributed by atoms with Crippen LogP contribution in [0.25, 0.3) is 0 Å². The molecule has 23 heavy (non-hydrogen) atoms. The molecule has 1 saturated carbocycles. The van der Waals surface area contributed by atoms with E-state index in [1.165, 1.54) is 11.1 Å². The number of fused-ring (bicyclic) bond motifs is 1. The summed E-state index contributed by atoms with van der Waals surface area (Å²) in [6.45, 7) is 3.68. The SMILES string of the molecule is Cc1noc(C)c1C(=O)N(C1CC1)C1CCCc2ccccc21. The van der Waals surface area contributed by atoms with Gasteiger partial charge in [0.15, 0.2) is 0 Å². The molecular formula is C19H22N2O2. The number of aromatic nitrogens is 1. The first-order valence-corrected chi connectivity index (χ1v) is 8.50. The quantitative estimate of drug-likeness (QED) is 0.861. The van der Waals surface area contributed by atoms with Gasteiger partial charge in [0.2, 0.25) is 0 Å². The van der Waals surface area contributed by atoms with Crippen molar-refractivity contribution in [2.45, 2.75) is 58.0 Å². The fourth-order valence-corrected chi connectivity index (χ4v) is 3.85. The number of benzene rings is 1. The summed E-state index contributed by atoms with van der Waals surface area (Å²) in [6, 6.07) is 9.13. The number of carbonyl (C=O) groups excluding carboxylic acids is 1. The van der Waals surface area contributed by atoms with Crippen LogP contribution in [0.2, 0.25) is 0 Å². The van der Waals surface area contributed by atoms with Gasteiger partial charge in [-0.25, -0.2) is 0 Å². The van der Waals surface area contributed by atoms with Crippen LogP contribution in [-0.4, -0.2) is 22.0 Å². The van der Waals surface area contributed by atoms with Crippen molar-refractivity contribution in [2.75, 3.05) is 0 Å². The lowest BCUT2D eigenvalue weighted by Gasteiger charge is -2.36. The largest absolute Gasteiger partial charge is 0.361 e. The molecule has 2 aromatic rings. The Labute approximate surface area is 136 Å². The third-order valence-corrected chi connectivity index (χ3v) is 5.10. The lowest BCUT2D eigenvalue weighted by Crippen LogP contribution is -2.38. The molecule has 0 spiro atoms. The summed E-state index contributed by atoms with van der Waals surface area (Å²) >= 11 is 0. The predicted molar refractivity (Wildman–Crippen MR) is 87.3 cm³/mol. The predicted octanol–water partition coefficient (Wildman–Crippen LogP) is 3.97. The van der Waals surface area contributed by atoms with Crippen molar-refractivity contribution < 1.29 is 9.32 Å². The Morgan fingerprint density at radius 3 is 2.70 bits per heavy atom. The van der Waals surface area contributed by atoms with Gasteiger partial charge in [0.1, 0.15) is 11.3 Å². The Bertz CT molecular complexity index is 726. The van der Waals surface area contributed by atoms with E-state index in [0.29, 0.717) is 23.1 Å². The molecule has 1 heterocycles. The minimum atomic E-state index is 0.0884. The smallest absolute Gasteiger partial charge is 0.260 e. The lowest BCUT2D eigenvalue weighted by atomic mass is 9.86. The Morgan fingerprint density at radius 1 is 1.22 bits per heavy atom. The van der Waals surface area contributed by atoms with Gasteiger partial charge in [-0.2, -0.15) is 0 Å². The van der Waals surface area contributed by atoms with Gasteiger partial charge in [0.25, 0.3) is 5.91 Å². The van der Waals surface area contributed by atoms with Gasteiger partial charge in [-0.15, -0.1) is 0 Å². The highest BCUT2D eigenvalue weighted by Crippen LogP contribution is 2.42. The highest BCUT2D eigenvalue weighted by atomic mass is 16.5. The summed E-state index contributed by atoms with van der Waals surface area (Å²) in [6.07, 6.45) is 5.51. The second-order valence-electron chi connectivity index (χ2n) is 6.75. The van der Waals surface area contributed by atoms with Crippen LogP contribution in [0.4, 0.5) is 0 Å². The van der Waals surface area contributed by atoms with Crippen molar-refractivity contribution in [1.29, 1.82) is 0 Å². The van der Waals surface area contributed by atoms with Crippen molar-refractivity contribution >= 4 is 5.91 Å². The number of hydrogen-bond acceptors (Lipinski definition) is 3. The zero-order chi connectivity index (χ0) is 16.0. The summed E-state index contributed by atoms with van der Waals surface area (Å²) in [7, 11) is 0. The first kappa shape index (κ1) is 14.5. The fraction of sp³-hybridized carbons (Fsp3) is 0.474. The zero-order valence-corrected chi connectivity index (χ0v) is 13.7. The maximum atomic E-state index is 13.3. The third kappa shape index (κ3) is 2.46. The van der Waals surface area contributed by atoms with Crippen molar-refractivity contribution in [3.05, 3.63) is 52.4 Å². The Balaban J connectivity index is 1.74. The monoisotopic (exact) mass is 310 g/mol. The van der Waals surface area contributed by atoms with Crippen LogP contribution in [0.1, 0.15) is 64.7 Å². The summed E-state index contributed by atoms with van der Waals surface area (Å²) in [5.74, 6) is 0.715. The molecule has 1 aromatic heterocycles. The van der Waals surface area contributed by atoms with Crippen molar-refractivity contribution in [1.82, 2.24) is 10.1 Å². The van der Waals surface area contributed by atoms with Gasteiger partial charge < -0.3 is 9.42 Å². The van der Waals surface area contributed by atoms with Gasteiger partial charge in [-0.05, 0) is 57.1 Å². The molecule has 1 atom stereocenters. The van der Waals surface area contributed by atoms with Crippen LogP contribution in [0.15, 0.2) is 28.8 Å². The minimum Gasteiger partial charge on any atom is -0.361 e. The van der Waals surface area contributed by atoms with Gasteiger partial charge in [-0.3, -0.25) is 4.79 Å². The number of carbonyl (C=O) groups is 1. The van der Waals surface area contributed by atoms with E-state index in [0.717, 1.165) is 32.1 Å². The molecule has 1 aromatic carbocycles. The van der Waals surface area contributed by atoms with Gasteiger partial charge in [0, 0.05) is 6.04 Å². The van der Waals surface area contributed by atoms with E-state index in [-0.39, 0.29) is 11.9 Å². The number of hydrogen-bond donors (Lipinski definition) is 0. The molecule has 1 unspecified atom stereocenters. The first-order valence-electron chi connectivity index (χ1n) is 8.50. The van der Waals surface area contributed by atoms with Crippen molar-refractivity contribution in [2.24, 2.45) is 0 Å². The van der Waals surface area contributed by atoms with Crippen LogP contribution in [0.3, 0.4) is 0 Å². The van der Waals surface area contributed by atoms with Crippen LogP contribution in [0, 0.1) is 13.8 Å². The Hall–Kier alpha value is -2.10. The van der Waals surface area contributed by atoms with Crippen molar-refractivity contribution in [3.63, 3.8) is 0 Å². The van der Waals surface area contributed by atoms with Crippen LogP contribution in [0.5, 0.6) is 0 Å². The van der Waals surface area contributed by atoms with Crippen LogP contribution in [-0.2, 0) is 6.42 Å². The molecule has 1 fully saturated rings. The maximum Gasteiger partial charge on any atom is 0.260 e. The van der Waals surface area contributed by atoms with E-state index in [1.54, 1.807) is 0 Å². The highest BCUT2D eigenvalue weighted by molar-refractivity contribution is 5.96. The fourth-order valence-electron chi connectivity index (χ4n) is 3.85. The molecule has 1 amide bonds. The second kappa shape index (κ2) is 5.52. The highest BCUT2D eigenvalue weighted by Gasteiger charge is 2.41. The van der Waals surface area contributed by atoms with Gasteiger partial charge >= 0.3 is 0 Å². The molecule has 0 saturated heterocycles. The molecule has 4 rings (SSSR count). The number of rotatable bonds is 3. The van der Waals surface area contributed by atoms with E-state index in [4.69, 9.17) is 4.52 Å². The Kier molecular flexibility index (Phi) is 3.47. The molecule has 2 aliphatic rings. The topological polar surface area (TPSA) is 46.3 Å². The minimum absolute atomic E-state index is 0.0884. The summed E-state index contributed by atoms with van der Waals surface area (Å²) in [5.41, 5.74) is 4.06. The third-order valence-electron chi connectivity index (χ3n) is 5.10. The molecule has 4 heteroatoms. The summed E-state index contributed by atoms with van der Waals surface area (Å²) < 4.78 is 5.23. The van der Waals surface area contributed by atoms with Gasteiger partial charge in [0.05, 0.1) is 11.7 Å². The van der Waals surface area contributed by atoms with Crippen LogP contribution >= 0.6 is 0 Å². The Morgan fingerprint density at radius 2 is 2.00 bits per heavy atom.